The second-order valence-corrected chi connectivity index (χ2v) is 5.49. The molecule has 0 spiro atoms. The van der Waals surface area contributed by atoms with Crippen LogP contribution in [0.15, 0.2) is 36.4 Å². The van der Waals surface area contributed by atoms with E-state index in [2.05, 4.69) is 30.3 Å². The van der Waals surface area contributed by atoms with Crippen LogP contribution in [0.4, 0.5) is 0 Å². The van der Waals surface area contributed by atoms with Gasteiger partial charge in [0.2, 0.25) is 4.86 Å². The molecule has 0 aromatic heterocycles. The summed E-state index contributed by atoms with van der Waals surface area (Å²) < 4.78 is 5.28. The van der Waals surface area contributed by atoms with E-state index in [1.54, 1.807) is 7.11 Å². The van der Waals surface area contributed by atoms with Crippen molar-refractivity contribution in [3.63, 3.8) is 0 Å². The lowest BCUT2D eigenvalue weighted by Gasteiger charge is -2.03. The lowest BCUT2D eigenvalue weighted by Crippen LogP contribution is -1.96. The van der Waals surface area contributed by atoms with E-state index in [-0.39, 0.29) is 0 Å². The largest absolute Gasteiger partial charge is 0.497 e. The van der Waals surface area contributed by atoms with Crippen molar-refractivity contribution >= 4 is 27.0 Å². The van der Waals surface area contributed by atoms with E-state index in [0.717, 1.165) is 5.75 Å². The standard InChI is InChI=1S/C15H15OS/c1-16-14-7-6-11-4-5-12(9-13(11)10-14)15-3-2-8-17-15/h4-7,9-10H,2-3,8H2,1H3/q+1. The zero-order valence-corrected chi connectivity index (χ0v) is 10.7. The Morgan fingerprint density at radius 3 is 2.71 bits per heavy atom. The molecule has 0 saturated carbocycles. The molecular weight excluding hydrogens is 228 g/mol. The topological polar surface area (TPSA) is 9.23 Å². The van der Waals surface area contributed by atoms with Crippen LogP contribution in [0.5, 0.6) is 5.75 Å². The number of hydrogen-bond acceptors (Lipinski definition) is 1. The summed E-state index contributed by atoms with van der Waals surface area (Å²) in [5.74, 6) is 2.20. The first-order valence-corrected chi connectivity index (χ1v) is 6.92. The van der Waals surface area contributed by atoms with Gasteiger partial charge in [-0.3, -0.25) is 0 Å². The maximum Gasteiger partial charge on any atom is 0.208 e. The van der Waals surface area contributed by atoms with Crippen molar-refractivity contribution in [2.75, 3.05) is 12.9 Å². The Morgan fingerprint density at radius 2 is 1.94 bits per heavy atom. The second-order valence-electron chi connectivity index (χ2n) is 4.30. The third-order valence-electron chi connectivity index (χ3n) is 3.19. The van der Waals surface area contributed by atoms with Crippen LogP contribution in [0.3, 0.4) is 0 Å². The molecule has 86 valence electrons. The van der Waals surface area contributed by atoms with Crippen LogP contribution in [0.25, 0.3) is 10.8 Å². The number of methoxy groups -OCH3 is 1. The third kappa shape index (κ3) is 2.05. The van der Waals surface area contributed by atoms with Gasteiger partial charge in [-0.25, -0.2) is 0 Å². The Hall–Kier alpha value is -1.41. The zero-order valence-electron chi connectivity index (χ0n) is 9.90. The minimum atomic E-state index is 0.929. The van der Waals surface area contributed by atoms with Gasteiger partial charge in [-0.05, 0) is 35.0 Å². The van der Waals surface area contributed by atoms with Crippen molar-refractivity contribution in [3.05, 3.63) is 42.0 Å². The number of hydrogen-bond donors (Lipinski definition) is 0. The predicted octanol–water partition coefficient (Wildman–Crippen LogP) is 3.25. The summed E-state index contributed by atoms with van der Waals surface area (Å²) >= 11 is 2.00. The van der Waals surface area contributed by atoms with E-state index < -0.39 is 0 Å². The third-order valence-corrected chi connectivity index (χ3v) is 4.47. The monoisotopic (exact) mass is 243 g/mol. The maximum atomic E-state index is 5.28. The summed E-state index contributed by atoms with van der Waals surface area (Å²) in [4.78, 5) is 1.54. The van der Waals surface area contributed by atoms with Gasteiger partial charge in [0.05, 0.1) is 7.11 Å². The summed E-state index contributed by atoms with van der Waals surface area (Å²) in [5, 5.41) is 2.54. The molecule has 0 saturated heterocycles. The van der Waals surface area contributed by atoms with E-state index in [0.29, 0.717) is 0 Å². The molecule has 2 aromatic carbocycles. The van der Waals surface area contributed by atoms with E-state index in [1.807, 2.05) is 17.4 Å². The first-order valence-electron chi connectivity index (χ1n) is 5.93. The molecule has 17 heavy (non-hydrogen) atoms. The van der Waals surface area contributed by atoms with Crippen LogP contribution in [-0.4, -0.2) is 17.7 Å². The molecule has 0 radical (unpaired) electrons. The second kappa shape index (κ2) is 4.46. The molecule has 0 bridgehead atoms. The van der Waals surface area contributed by atoms with Crippen LogP contribution >= 0.6 is 0 Å². The van der Waals surface area contributed by atoms with Crippen LogP contribution in [0.1, 0.15) is 18.4 Å². The summed E-state index contributed by atoms with van der Waals surface area (Å²) in [6.07, 6.45) is 2.55. The van der Waals surface area contributed by atoms with Gasteiger partial charge in [0.1, 0.15) is 5.75 Å². The first-order chi connectivity index (χ1) is 8.36. The highest BCUT2D eigenvalue weighted by atomic mass is 32.1. The normalized spacial score (nSPS) is 15.0. The fourth-order valence-electron chi connectivity index (χ4n) is 2.25. The Morgan fingerprint density at radius 1 is 1.06 bits per heavy atom. The molecule has 0 amide bonds. The Labute approximate surface area is 105 Å². The van der Waals surface area contributed by atoms with Gasteiger partial charge in [0.15, 0.2) is 17.1 Å². The van der Waals surface area contributed by atoms with E-state index in [1.165, 1.54) is 39.8 Å². The molecule has 2 aromatic rings. The van der Waals surface area contributed by atoms with Crippen molar-refractivity contribution in [1.29, 1.82) is 0 Å². The van der Waals surface area contributed by atoms with Crippen molar-refractivity contribution < 1.29 is 4.74 Å². The number of rotatable bonds is 2. The molecule has 0 atom stereocenters. The molecular formula is C15H15OS+. The first kappa shape index (κ1) is 10.7. The summed E-state index contributed by atoms with van der Waals surface area (Å²) in [6, 6.07) is 13.0. The lowest BCUT2D eigenvalue weighted by molar-refractivity contribution is 0.415. The van der Waals surface area contributed by atoms with Gasteiger partial charge in [-0.1, -0.05) is 12.1 Å². The van der Waals surface area contributed by atoms with E-state index in [4.69, 9.17) is 4.74 Å². The molecule has 1 aliphatic heterocycles. The van der Waals surface area contributed by atoms with Crippen molar-refractivity contribution in [3.8, 4) is 5.75 Å². The molecule has 1 aliphatic rings. The van der Waals surface area contributed by atoms with Crippen molar-refractivity contribution in [2.45, 2.75) is 12.8 Å². The van der Waals surface area contributed by atoms with Crippen LogP contribution in [-0.2, 0) is 11.4 Å². The highest BCUT2D eigenvalue weighted by Crippen LogP contribution is 2.23. The Bertz CT molecular complexity index is 586. The van der Waals surface area contributed by atoms with Crippen molar-refractivity contribution in [2.24, 2.45) is 0 Å². The van der Waals surface area contributed by atoms with Gasteiger partial charge in [0, 0.05) is 18.4 Å². The quantitative estimate of drug-likeness (QED) is 0.581. The fourth-order valence-corrected chi connectivity index (χ4v) is 3.37. The molecule has 0 N–H and O–H groups in total. The SMILES string of the molecule is COc1ccc2ccc(C3=[S+]CCC3)cc2c1. The van der Waals surface area contributed by atoms with Gasteiger partial charge >= 0.3 is 0 Å². The van der Waals surface area contributed by atoms with Crippen molar-refractivity contribution in [1.82, 2.24) is 0 Å². The van der Waals surface area contributed by atoms with E-state index >= 15 is 0 Å². The molecule has 0 aliphatic carbocycles. The minimum absolute atomic E-state index is 0.929. The molecule has 0 unspecified atom stereocenters. The average molecular weight is 243 g/mol. The summed E-state index contributed by atoms with van der Waals surface area (Å²) in [7, 11) is 1.71. The smallest absolute Gasteiger partial charge is 0.208 e. The van der Waals surface area contributed by atoms with Crippen LogP contribution in [0.2, 0.25) is 0 Å². The molecule has 0 fully saturated rings. The van der Waals surface area contributed by atoms with Crippen LogP contribution in [0, 0.1) is 0 Å². The maximum absolute atomic E-state index is 5.28. The van der Waals surface area contributed by atoms with Crippen LogP contribution < -0.4 is 4.74 Å². The highest BCUT2D eigenvalue weighted by Gasteiger charge is 2.20. The minimum Gasteiger partial charge on any atom is -0.497 e. The number of benzene rings is 2. The van der Waals surface area contributed by atoms with E-state index in [9.17, 15) is 0 Å². The average Bonchev–Trinajstić information content (AvgIpc) is 2.91. The number of fused-ring (bicyclic) bond motifs is 1. The fraction of sp³-hybridized carbons (Fsp3) is 0.267. The molecule has 3 rings (SSSR count). The number of ether oxygens (including phenoxy) is 1. The van der Waals surface area contributed by atoms with Gasteiger partial charge in [-0.15, -0.1) is 0 Å². The molecule has 2 heteroatoms. The van der Waals surface area contributed by atoms with Gasteiger partial charge in [-0.2, -0.15) is 0 Å². The predicted molar refractivity (Wildman–Crippen MR) is 76.1 cm³/mol. The highest BCUT2D eigenvalue weighted by molar-refractivity contribution is 7.79. The van der Waals surface area contributed by atoms with Gasteiger partial charge < -0.3 is 4.74 Å². The Balaban J connectivity index is 2.10. The summed E-state index contributed by atoms with van der Waals surface area (Å²) in [6.45, 7) is 0. The lowest BCUT2D eigenvalue weighted by atomic mass is 10.0. The van der Waals surface area contributed by atoms with Gasteiger partial charge in [0.25, 0.3) is 0 Å². The Kier molecular flexibility index (Phi) is 2.81. The zero-order chi connectivity index (χ0) is 11.7. The molecule has 1 nitrogen and oxygen atoms in total. The summed E-state index contributed by atoms with van der Waals surface area (Å²) in [5.41, 5.74) is 1.38. The molecule has 1 heterocycles.